The van der Waals surface area contributed by atoms with E-state index in [0.29, 0.717) is 6.04 Å². The maximum Gasteiger partial charge on any atom is 0.0193 e. The van der Waals surface area contributed by atoms with E-state index in [2.05, 4.69) is 47.5 Å². The molecular formula is C13H20N2S. The molecule has 1 saturated heterocycles. The Labute approximate surface area is 102 Å². The second-order valence-electron chi connectivity index (χ2n) is 4.25. The highest BCUT2D eigenvalue weighted by Gasteiger charge is 2.16. The third kappa shape index (κ3) is 3.51. The molecule has 0 spiro atoms. The first kappa shape index (κ1) is 12.0. The molecule has 0 aromatic heterocycles. The van der Waals surface area contributed by atoms with Crippen LogP contribution in [0.25, 0.3) is 0 Å². The summed E-state index contributed by atoms with van der Waals surface area (Å²) in [6, 6.07) is 11.3. The average molecular weight is 236 g/mol. The van der Waals surface area contributed by atoms with Gasteiger partial charge in [-0.2, -0.15) is 0 Å². The fourth-order valence-electron chi connectivity index (χ4n) is 2.01. The average Bonchev–Trinajstić information content (AvgIpc) is 2.33. The van der Waals surface area contributed by atoms with E-state index in [4.69, 9.17) is 0 Å². The summed E-state index contributed by atoms with van der Waals surface area (Å²) >= 11 is 1.95. The lowest BCUT2D eigenvalue weighted by Gasteiger charge is -2.33. The molecule has 1 heterocycles. The Morgan fingerprint density at radius 2 is 2.19 bits per heavy atom. The van der Waals surface area contributed by atoms with Crippen LogP contribution >= 0.6 is 11.8 Å². The highest BCUT2D eigenvalue weighted by Crippen LogP contribution is 2.17. The summed E-state index contributed by atoms with van der Waals surface area (Å²) in [5.74, 6) is 1.19. The molecular weight excluding hydrogens is 216 g/mol. The number of hydrogen-bond acceptors (Lipinski definition) is 3. The van der Waals surface area contributed by atoms with Crippen LogP contribution in [-0.2, 0) is 0 Å². The van der Waals surface area contributed by atoms with Crippen LogP contribution in [-0.4, -0.2) is 42.9 Å². The van der Waals surface area contributed by atoms with E-state index in [-0.39, 0.29) is 0 Å². The van der Waals surface area contributed by atoms with Crippen molar-refractivity contribution in [1.29, 1.82) is 0 Å². The zero-order valence-corrected chi connectivity index (χ0v) is 10.7. The lowest BCUT2D eigenvalue weighted by atomic mass is 10.2. The third-order valence-electron chi connectivity index (χ3n) is 3.03. The van der Waals surface area contributed by atoms with Gasteiger partial charge < -0.3 is 5.32 Å². The molecule has 0 aliphatic carbocycles. The Morgan fingerprint density at radius 1 is 1.38 bits per heavy atom. The normalized spacial score (nSPS) is 22.2. The van der Waals surface area contributed by atoms with E-state index in [1.807, 2.05) is 11.8 Å². The number of nitrogens with one attached hydrogen (secondary N) is 1. The molecule has 0 unspecified atom stereocenters. The minimum Gasteiger partial charge on any atom is -0.314 e. The molecule has 1 aromatic rings. The fraction of sp³-hybridized carbons (Fsp3) is 0.538. The van der Waals surface area contributed by atoms with Gasteiger partial charge >= 0.3 is 0 Å². The van der Waals surface area contributed by atoms with Crippen molar-refractivity contribution in [2.75, 3.05) is 31.9 Å². The second kappa shape index (κ2) is 6.28. The number of rotatable bonds is 4. The van der Waals surface area contributed by atoms with Crippen LogP contribution in [0, 0.1) is 0 Å². The number of piperazine rings is 1. The summed E-state index contributed by atoms with van der Waals surface area (Å²) in [5.41, 5.74) is 0. The molecule has 0 saturated carbocycles. The lowest BCUT2D eigenvalue weighted by molar-refractivity contribution is 0.185. The predicted octanol–water partition coefficient (Wildman–Crippen LogP) is 2.07. The minimum atomic E-state index is 0.685. The first-order valence-corrected chi connectivity index (χ1v) is 6.97. The van der Waals surface area contributed by atoms with E-state index in [9.17, 15) is 0 Å². The van der Waals surface area contributed by atoms with E-state index < -0.39 is 0 Å². The molecule has 1 atom stereocenters. The molecule has 1 aromatic carbocycles. The molecule has 16 heavy (non-hydrogen) atoms. The molecule has 2 nitrogen and oxygen atoms in total. The fourth-order valence-corrected chi connectivity index (χ4v) is 2.92. The molecule has 0 amide bonds. The van der Waals surface area contributed by atoms with Crippen molar-refractivity contribution in [3.05, 3.63) is 30.3 Å². The summed E-state index contributed by atoms with van der Waals surface area (Å²) in [4.78, 5) is 3.96. The van der Waals surface area contributed by atoms with Crippen LogP contribution in [0.5, 0.6) is 0 Å². The van der Waals surface area contributed by atoms with E-state index in [1.165, 1.54) is 23.7 Å². The van der Waals surface area contributed by atoms with Gasteiger partial charge in [0.1, 0.15) is 0 Å². The zero-order chi connectivity index (χ0) is 11.2. The van der Waals surface area contributed by atoms with Gasteiger partial charge in [-0.15, -0.1) is 11.8 Å². The van der Waals surface area contributed by atoms with E-state index >= 15 is 0 Å². The van der Waals surface area contributed by atoms with Gasteiger partial charge in [0.05, 0.1) is 0 Å². The first-order chi connectivity index (χ1) is 7.86. The van der Waals surface area contributed by atoms with Gasteiger partial charge in [0.25, 0.3) is 0 Å². The van der Waals surface area contributed by atoms with Gasteiger partial charge in [0.2, 0.25) is 0 Å². The molecule has 0 bridgehead atoms. The highest BCUT2D eigenvalue weighted by molar-refractivity contribution is 7.99. The smallest absolute Gasteiger partial charge is 0.0193 e. The maximum absolute atomic E-state index is 3.42. The Morgan fingerprint density at radius 3 is 2.94 bits per heavy atom. The van der Waals surface area contributed by atoms with Crippen LogP contribution in [0.3, 0.4) is 0 Å². The van der Waals surface area contributed by atoms with Gasteiger partial charge in [-0.1, -0.05) is 18.2 Å². The summed E-state index contributed by atoms with van der Waals surface area (Å²) in [7, 11) is 0. The van der Waals surface area contributed by atoms with Crippen LogP contribution in [0.4, 0.5) is 0 Å². The summed E-state index contributed by atoms with van der Waals surface area (Å²) < 4.78 is 0. The highest BCUT2D eigenvalue weighted by atomic mass is 32.2. The summed E-state index contributed by atoms with van der Waals surface area (Å²) in [6.07, 6.45) is 0. The minimum absolute atomic E-state index is 0.685. The zero-order valence-electron chi connectivity index (χ0n) is 9.86. The molecule has 1 aliphatic rings. The van der Waals surface area contributed by atoms with Crippen LogP contribution in [0.1, 0.15) is 6.92 Å². The molecule has 1 N–H and O–H groups in total. The molecule has 1 aliphatic heterocycles. The molecule has 1 fully saturated rings. The molecule has 3 heteroatoms. The number of benzene rings is 1. The Hall–Kier alpha value is -0.510. The largest absolute Gasteiger partial charge is 0.314 e. The Bertz CT molecular complexity index is 302. The standard InChI is InChI=1S/C13H20N2S/c1-12-11-14-7-8-15(12)9-10-16-13-5-3-2-4-6-13/h2-6,12,14H,7-11H2,1H3/t12-/m0/s1. The van der Waals surface area contributed by atoms with E-state index in [1.54, 1.807) is 0 Å². The second-order valence-corrected chi connectivity index (χ2v) is 5.42. The van der Waals surface area contributed by atoms with Crippen LogP contribution < -0.4 is 5.32 Å². The van der Waals surface area contributed by atoms with Gasteiger partial charge in [0, 0.05) is 42.9 Å². The molecule has 2 rings (SSSR count). The number of nitrogens with zero attached hydrogens (tertiary/aromatic N) is 1. The predicted molar refractivity (Wildman–Crippen MR) is 71.1 cm³/mol. The summed E-state index contributed by atoms with van der Waals surface area (Å²) in [5, 5.41) is 3.42. The van der Waals surface area contributed by atoms with Crippen molar-refractivity contribution in [2.45, 2.75) is 17.9 Å². The van der Waals surface area contributed by atoms with Crippen molar-refractivity contribution < 1.29 is 0 Å². The van der Waals surface area contributed by atoms with Crippen LogP contribution in [0.2, 0.25) is 0 Å². The van der Waals surface area contributed by atoms with Gasteiger partial charge in [-0.25, -0.2) is 0 Å². The van der Waals surface area contributed by atoms with Crippen molar-refractivity contribution in [2.24, 2.45) is 0 Å². The van der Waals surface area contributed by atoms with Crippen molar-refractivity contribution in [1.82, 2.24) is 10.2 Å². The summed E-state index contributed by atoms with van der Waals surface area (Å²) in [6.45, 7) is 6.97. The quantitative estimate of drug-likeness (QED) is 0.806. The Kier molecular flexibility index (Phi) is 4.69. The topological polar surface area (TPSA) is 15.3 Å². The van der Waals surface area contributed by atoms with Gasteiger partial charge in [-0.3, -0.25) is 4.90 Å². The monoisotopic (exact) mass is 236 g/mol. The maximum atomic E-state index is 3.42. The van der Waals surface area contributed by atoms with Gasteiger partial charge in [0.15, 0.2) is 0 Å². The van der Waals surface area contributed by atoms with Crippen molar-refractivity contribution in [3.8, 4) is 0 Å². The first-order valence-electron chi connectivity index (χ1n) is 5.99. The van der Waals surface area contributed by atoms with Crippen molar-refractivity contribution >= 4 is 11.8 Å². The van der Waals surface area contributed by atoms with Crippen LogP contribution in [0.15, 0.2) is 35.2 Å². The molecule has 88 valence electrons. The number of thioether (sulfide) groups is 1. The van der Waals surface area contributed by atoms with Crippen molar-refractivity contribution in [3.63, 3.8) is 0 Å². The third-order valence-corrected chi connectivity index (χ3v) is 4.02. The molecule has 0 radical (unpaired) electrons. The number of hydrogen-bond donors (Lipinski definition) is 1. The van der Waals surface area contributed by atoms with E-state index in [0.717, 1.165) is 13.1 Å². The SMILES string of the molecule is C[C@H]1CNCCN1CCSc1ccccc1. The van der Waals surface area contributed by atoms with Gasteiger partial charge in [-0.05, 0) is 19.1 Å². The Balaban J connectivity index is 1.71. The lowest BCUT2D eigenvalue weighted by Crippen LogP contribution is -2.50.